The van der Waals surface area contributed by atoms with Crippen molar-refractivity contribution in [2.45, 2.75) is 31.6 Å². The molecule has 4 heteroatoms. The number of benzene rings is 1. The van der Waals surface area contributed by atoms with E-state index >= 15 is 0 Å². The van der Waals surface area contributed by atoms with Gasteiger partial charge in [0.25, 0.3) is 0 Å². The average molecular weight is 350 g/mol. The van der Waals surface area contributed by atoms with Crippen LogP contribution in [0.1, 0.15) is 19.4 Å². The SMILES string of the molecule is CC(C)SCC(Cc1ccc(I)cc1)NN. The van der Waals surface area contributed by atoms with Crippen LogP contribution in [0.2, 0.25) is 0 Å². The number of rotatable bonds is 6. The quantitative estimate of drug-likeness (QED) is 0.471. The van der Waals surface area contributed by atoms with Gasteiger partial charge in [0.15, 0.2) is 0 Å². The minimum absolute atomic E-state index is 0.354. The Morgan fingerprint density at radius 1 is 1.31 bits per heavy atom. The number of hydrazine groups is 1. The summed E-state index contributed by atoms with van der Waals surface area (Å²) in [5, 5.41) is 0.660. The molecule has 0 bridgehead atoms. The minimum atomic E-state index is 0.354. The number of halogens is 1. The second kappa shape index (κ2) is 7.53. The third kappa shape index (κ3) is 5.52. The van der Waals surface area contributed by atoms with Crippen LogP contribution in [0.4, 0.5) is 0 Å². The molecule has 0 saturated carbocycles. The van der Waals surface area contributed by atoms with Gasteiger partial charge < -0.3 is 0 Å². The van der Waals surface area contributed by atoms with E-state index in [9.17, 15) is 0 Å². The van der Waals surface area contributed by atoms with Crippen LogP contribution in [-0.2, 0) is 6.42 Å². The molecule has 0 fully saturated rings. The van der Waals surface area contributed by atoms with E-state index in [1.807, 2.05) is 11.8 Å². The lowest BCUT2D eigenvalue weighted by molar-refractivity contribution is 0.575. The maximum absolute atomic E-state index is 5.57. The molecule has 1 atom stereocenters. The van der Waals surface area contributed by atoms with Gasteiger partial charge in [-0.3, -0.25) is 11.3 Å². The van der Waals surface area contributed by atoms with Crippen LogP contribution >= 0.6 is 34.4 Å². The molecule has 1 rings (SSSR count). The Bertz CT molecular complexity index is 300. The molecule has 0 aliphatic rings. The summed E-state index contributed by atoms with van der Waals surface area (Å²) in [6, 6.07) is 8.98. The van der Waals surface area contributed by atoms with Crippen LogP contribution in [0.3, 0.4) is 0 Å². The number of nitrogens with two attached hydrogens (primary N) is 1. The molecule has 1 unspecified atom stereocenters. The summed E-state index contributed by atoms with van der Waals surface area (Å²) >= 11 is 4.26. The monoisotopic (exact) mass is 350 g/mol. The molecule has 3 N–H and O–H groups in total. The first-order valence-corrected chi connectivity index (χ1v) is 7.56. The predicted octanol–water partition coefficient (Wildman–Crippen LogP) is 2.81. The second-order valence-electron chi connectivity index (χ2n) is 4.08. The Labute approximate surface area is 116 Å². The van der Waals surface area contributed by atoms with E-state index in [4.69, 9.17) is 5.84 Å². The summed E-state index contributed by atoms with van der Waals surface area (Å²) in [7, 11) is 0. The second-order valence-corrected chi connectivity index (χ2v) is 6.93. The molecule has 1 aromatic carbocycles. The molecule has 0 amide bonds. The highest BCUT2D eigenvalue weighted by atomic mass is 127. The molecule has 0 aliphatic carbocycles. The van der Waals surface area contributed by atoms with Crippen molar-refractivity contribution in [3.63, 3.8) is 0 Å². The van der Waals surface area contributed by atoms with E-state index in [2.05, 4.69) is 66.1 Å². The van der Waals surface area contributed by atoms with Crippen LogP contribution in [0.15, 0.2) is 24.3 Å². The van der Waals surface area contributed by atoms with Gasteiger partial charge in [-0.15, -0.1) is 0 Å². The first-order valence-electron chi connectivity index (χ1n) is 5.44. The molecule has 0 heterocycles. The van der Waals surface area contributed by atoms with Gasteiger partial charge >= 0.3 is 0 Å². The zero-order valence-electron chi connectivity index (χ0n) is 9.74. The maximum atomic E-state index is 5.57. The van der Waals surface area contributed by atoms with Gasteiger partial charge in [-0.05, 0) is 52.0 Å². The highest BCUT2D eigenvalue weighted by Gasteiger charge is 2.08. The summed E-state index contributed by atoms with van der Waals surface area (Å²) in [4.78, 5) is 0. The van der Waals surface area contributed by atoms with Crippen molar-refractivity contribution in [3.8, 4) is 0 Å². The number of nitrogens with one attached hydrogen (secondary N) is 1. The van der Waals surface area contributed by atoms with E-state index in [0.29, 0.717) is 11.3 Å². The van der Waals surface area contributed by atoms with Gasteiger partial charge in [-0.2, -0.15) is 11.8 Å². The van der Waals surface area contributed by atoms with E-state index < -0.39 is 0 Å². The van der Waals surface area contributed by atoms with Gasteiger partial charge in [0, 0.05) is 15.4 Å². The van der Waals surface area contributed by atoms with Crippen molar-refractivity contribution in [1.82, 2.24) is 5.43 Å². The predicted molar refractivity (Wildman–Crippen MR) is 81.6 cm³/mol. The fraction of sp³-hybridized carbons (Fsp3) is 0.500. The Kier molecular flexibility index (Phi) is 6.72. The van der Waals surface area contributed by atoms with Gasteiger partial charge in [0.05, 0.1) is 0 Å². The third-order valence-corrected chi connectivity index (χ3v) is 4.24. The molecule has 0 aliphatic heterocycles. The summed E-state index contributed by atoms with van der Waals surface area (Å²) in [5.41, 5.74) is 4.24. The molecule has 0 aromatic heterocycles. The molecule has 1 aromatic rings. The summed E-state index contributed by atoms with van der Waals surface area (Å²) < 4.78 is 1.27. The standard InChI is InChI=1S/C12H19IN2S/c1-9(2)16-8-12(15-14)7-10-3-5-11(13)6-4-10/h3-6,9,12,15H,7-8,14H2,1-2H3. The van der Waals surface area contributed by atoms with Gasteiger partial charge in [-0.25, -0.2) is 0 Å². The zero-order valence-corrected chi connectivity index (χ0v) is 12.7. The van der Waals surface area contributed by atoms with Gasteiger partial charge in [0.1, 0.15) is 0 Å². The molecule has 16 heavy (non-hydrogen) atoms. The third-order valence-electron chi connectivity index (χ3n) is 2.26. The smallest absolute Gasteiger partial charge is 0.0341 e. The van der Waals surface area contributed by atoms with Crippen molar-refractivity contribution in [2.24, 2.45) is 5.84 Å². The number of hydrogen-bond acceptors (Lipinski definition) is 3. The summed E-state index contributed by atoms with van der Waals surface area (Å²) in [6.07, 6.45) is 0.993. The lowest BCUT2D eigenvalue weighted by atomic mass is 10.1. The Morgan fingerprint density at radius 2 is 1.94 bits per heavy atom. The van der Waals surface area contributed by atoms with Crippen LogP contribution in [0, 0.1) is 3.57 Å². The zero-order chi connectivity index (χ0) is 12.0. The van der Waals surface area contributed by atoms with Gasteiger partial charge in [-0.1, -0.05) is 26.0 Å². The Hall–Kier alpha value is 0.220. The van der Waals surface area contributed by atoms with E-state index in [0.717, 1.165) is 12.2 Å². The largest absolute Gasteiger partial charge is 0.271 e. The maximum Gasteiger partial charge on any atom is 0.0341 e. The van der Waals surface area contributed by atoms with Crippen LogP contribution in [0.5, 0.6) is 0 Å². The lowest BCUT2D eigenvalue weighted by Crippen LogP contribution is -2.39. The van der Waals surface area contributed by atoms with Crippen molar-refractivity contribution in [2.75, 3.05) is 5.75 Å². The molecular weight excluding hydrogens is 331 g/mol. The number of hydrogen-bond donors (Lipinski definition) is 2. The van der Waals surface area contributed by atoms with Crippen molar-refractivity contribution in [1.29, 1.82) is 0 Å². The molecule has 0 spiro atoms. The molecular formula is C12H19IN2S. The van der Waals surface area contributed by atoms with Crippen LogP contribution < -0.4 is 11.3 Å². The number of thioether (sulfide) groups is 1. The molecule has 0 radical (unpaired) electrons. The van der Waals surface area contributed by atoms with Crippen molar-refractivity contribution >= 4 is 34.4 Å². The topological polar surface area (TPSA) is 38.0 Å². The van der Waals surface area contributed by atoms with Crippen molar-refractivity contribution < 1.29 is 0 Å². The van der Waals surface area contributed by atoms with E-state index in [1.54, 1.807) is 0 Å². The minimum Gasteiger partial charge on any atom is -0.271 e. The van der Waals surface area contributed by atoms with Crippen molar-refractivity contribution in [3.05, 3.63) is 33.4 Å². The summed E-state index contributed by atoms with van der Waals surface area (Å²) in [6.45, 7) is 4.42. The molecule has 90 valence electrons. The highest BCUT2D eigenvalue weighted by Crippen LogP contribution is 2.14. The first-order chi connectivity index (χ1) is 7.61. The Balaban J connectivity index is 2.46. The van der Waals surface area contributed by atoms with E-state index in [1.165, 1.54) is 9.13 Å². The fourth-order valence-corrected chi connectivity index (χ4v) is 2.57. The Morgan fingerprint density at radius 3 is 2.44 bits per heavy atom. The van der Waals surface area contributed by atoms with E-state index in [-0.39, 0.29) is 0 Å². The fourth-order valence-electron chi connectivity index (χ4n) is 1.38. The van der Waals surface area contributed by atoms with Crippen LogP contribution in [0.25, 0.3) is 0 Å². The summed E-state index contributed by atoms with van der Waals surface area (Å²) in [5.74, 6) is 6.63. The highest BCUT2D eigenvalue weighted by molar-refractivity contribution is 14.1. The molecule has 2 nitrogen and oxygen atoms in total. The first kappa shape index (κ1) is 14.3. The van der Waals surface area contributed by atoms with Crippen LogP contribution in [-0.4, -0.2) is 17.0 Å². The average Bonchev–Trinajstić information content (AvgIpc) is 2.26. The normalized spacial score (nSPS) is 13.1. The molecule has 0 saturated heterocycles. The lowest BCUT2D eigenvalue weighted by Gasteiger charge is -2.16. The van der Waals surface area contributed by atoms with Gasteiger partial charge in [0.2, 0.25) is 0 Å².